The molecule has 1 N–H and O–H groups in total. The average Bonchev–Trinajstić information content (AvgIpc) is 3.41. The number of hydrogen-bond donors (Lipinski definition) is 1. The standard InChI is InChI=1S/C25H24FN7O3/c1-13(2)31-11-18-23(25(31)36)32(12-21(34)29-20-6-5-16(26)9-28-20)22-8-19(30-33(22)24(18)35)17-10-27-15(4)7-14(17)3/h5-10,13H,11-12H2,1-4H3,(H,28,29,34). The van der Waals surface area contributed by atoms with Gasteiger partial charge in [0.05, 0.1) is 24.0 Å². The van der Waals surface area contributed by atoms with Gasteiger partial charge in [-0.1, -0.05) is 0 Å². The molecule has 1 aliphatic heterocycles. The van der Waals surface area contributed by atoms with Crippen LogP contribution in [0.1, 0.15) is 41.2 Å². The van der Waals surface area contributed by atoms with Gasteiger partial charge in [-0.25, -0.2) is 9.37 Å². The first-order chi connectivity index (χ1) is 17.1. The molecular weight excluding hydrogens is 465 g/mol. The summed E-state index contributed by atoms with van der Waals surface area (Å²) in [5, 5.41) is 7.15. The van der Waals surface area contributed by atoms with Crippen LogP contribution < -0.4 is 10.9 Å². The van der Waals surface area contributed by atoms with Crippen LogP contribution in [0.3, 0.4) is 0 Å². The van der Waals surface area contributed by atoms with Gasteiger partial charge in [0.15, 0.2) is 0 Å². The van der Waals surface area contributed by atoms with Gasteiger partial charge in [-0.2, -0.15) is 9.61 Å². The van der Waals surface area contributed by atoms with E-state index in [9.17, 15) is 18.8 Å². The number of pyridine rings is 2. The van der Waals surface area contributed by atoms with Crippen LogP contribution in [-0.2, 0) is 17.9 Å². The molecule has 0 saturated carbocycles. The highest BCUT2D eigenvalue weighted by Gasteiger charge is 2.36. The third-order valence-corrected chi connectivity index (χ3v) is 6.21. The van der Waals surface area contributed by atoms with Gasteiger partial charge in [0.1, 0.15) is 29.5 Å². The molecule has 5 rings (SSSR count). The summed E-state index contributed by atoms with van der Waals surface area (Å²) < 4.78 is 15.9. The van der Waals surface area contributed by atoms with Crippen LogP contribution in [0.15, 0.2) is 41.5 Å². The van der Waals surface area contributed by atoms with Crippen molar-refractivity contribution in [3.63, 3.8) is 0 Å². The largest absolute Gasteiger partial charge is 0.330 e. The summed E-state index contributed by atoms with van der Waals surface area (Å²) in [4.78, 5) is 49.5. The minimum Gasteiger partial charge on any atom is -0.330 e. The number of nitrogens with one attached hydrogen (secondary N) is 1. The van der Waals surface area contributed by atoms with Gasteiger partial charge in [0.2, 0.25) is 5.91 Å². The molecule has 0 bridgehead atoms. The van der Waals surface area contributed by atoms with Crippen LogP contribution in [0.2, 0.25) is 0 Å². The SMILES string of the molecule is Cc1cc(C)c(-c2cc3n(CC(=O)Nc4ccc(F)cn4)c4c(c(=O)n3n2)CN(C(C)C)C4=O)cn1. The molecule has 4 aromatic heterocycles. The quantitative estimate of drug-likeness (QED) is 0.461. The van der Waals surface area contributed by atoms with Crippen LogP contribution in [-0.4, -0.2) is 46.9 Å². The Kier molecular flexibility index (Phi) is 5.62. The minimum atomic E-state index is -0.528. The molecule has 0 aromatic carbocycles. The lowest BCUT2D eigenvalue weighted by molar-refractivity contribution is -0.116. The van der Waals surface area contributed by atoms with Crippen molar-refractivity contribution >= 4 is 23.3 Å². The lowest BCUT2D eigenvalue weighted by Gasteiger charge is -2.20. The predicted molar refractivity (Wildman–Crippen MR) is 130 cm³/mol. The monoisotopic (exact) mass is 489 g/mol. The summed E-state index contributed by atoms with van der Waals surface area (Å²) in [6.45, 7) is 7.38. The fourth-order valence-corrected chi connectivity index (χ4v) is 4.43. The number of aromatic nitrogens is 5. The van der Waals surface area contributed by atoms with Crippen LogP contribution in [0.4, 0.5) is 10.2 Å². The number of halogens is 1. The second-order valence-corrected chi connectivity index (χ2v) is 9.10. The van der Waals surface area contributed by atoms with Gasteiger partial charge in [-0.3, -0.25) is 19.4 Å². The third-order valence-electron chi connectivity index (χ3n) is 6.21. The summed E-state index contributed by atoms with van der Waals surface area (Å²) >= 11 is 0. The van der Waals surface area contributed by atoms with Crippen molar-refractivity contribution in [2.24, 2.45) is 0 Å². The number of anilines is 1. The van der Waals surface area contributed by atoms with Gasteiger partial charge in [0, 0.05) is 29.6 Å². The minimum absolute atomic E-state index is 0.127. The van der Waals surface area contributed by atoms with E-state index in [0.29, 0.717) is 11.3 Å². The van der Waals surface area contributed by atoms with E-state index in [4.69, 9.17) is 0 Å². The fourth-order valence-electron chi connectivity index (χ4n) is 4.43. The Bertz CT molecular complexity index is 1590. The van der Waals surface area contributed by atoms with Crippen molar-refractivity contribution in [2.45, 2.75) is 46.8 Å². The third kappa shape index (κ3) is 3.92. The first-order valence-electron chi connectivity index (χ1n) is 11.5. The number of hydrogen-bond acceptors (Lipinski definition) is 6. The maximum atomic E-state index is 13.4. The summed E-state index contributed by atoms with van der Waals surface area (Å²) in [5.41, 5.74) is 3.36. The lowest BCUT2D eigenvalue weighted by atomic mass is 10.1. The number of carbonyl (C=O) groups excluding carboxylic acids is 2. The molecule has 5 heterocycles. The van der Waals surface area contributed by atoms with Gasteiger partial charge >= 0.3 is 0 Å². The van der Waals surface area contributed by atoms with Crippen molar-refractivity contribution in [3.05, 3.63) is 75.3 Å². The Morgan fingerprint density at radius 2 is 1.92 bits per heavy atom. The zero-order chi connectivity index (χ0) is 25.7. The first-order valence-corrected chi connectivity index (χ1v) is 11.5. The molecule has 0 aliphatic carbocycles. The summed E-state index contributed by atoms with van der Waals surface area (Å²) in [7, 11) is 0. The molecule has 2 amide bonds. The molecule has 10 nitrogen and oxygen atoms in total. The molecule has 0 unspecified atom stereocenters. The number of nitrogens with zero attached hydrogens (tertiary/aromatic N) is 6. The van der Waals surface area contributed by atoms with E-state index < -0.39 is 17.3 Å². The maximum absolute atomic E-state index is 13.4. The molecule has 36 heavy (non-hydrogen) atoms. The predicted octanol–water partition coefficient (Wildman–Crippen LogP) is 2.71. The van der Waals surface area contributed by atoms with Crippen molar-refractivity contribution in [1.29, 1.82) is 0 Å². The zero-order valence-electron chi connectivity index (χ0n) is 20.2. The number of carbonyl (C=O) groups is 2. The number of rotatable bonds is 5. The van der Waals surface area contributed by atoms with Crippen LogP contribution in [0, 0.1) is 19.7 Å². The van der Waals surface area contributed by atoms with E-state index in [1.807, 2.05) is 33.8 Å². The Morgan fingerprint density at radius 1 is 1.14 bits per heavy atom. The van der Waals surface area contributed by atoms with Crippen LogP contribution in [0.25, 0.3) is 16.9 Å². The molecule has 0 spiro atoms. The molecule has 0 saturated heterocycles. The Labute approximate surface area is 205 Å². The first kappa shape index (κ1) is 23.3. The second kappa shape index (κ2) is 8.67. The van der Waals surface area contributed by atoms with Crippen molar-refractivity contribution in [3.8, 4) is 11.3 Å². The van der Waals surface area contributed by atoms with Crippen molar-refractivity contribution in [1.82, 2.24) is 29.0 Å². The highest BCUT2D eigenvalue weighted by molar-refractivity contribution is 5.98. The van der Waals surface area contributed by atoms with Gasteiger partial charge in [-0.05, 0) is 51.5 Å². The van der Waals surface area contributed by atoms with Crippen LogP contribution in [0.5, 0.6) is 0 Å². The lowest BCUT2D eigenvalue weighted by Crippen LogP contribution is -2.32. The number of fused-ring (bicyclic) bond motifs is 2. The fraction of sp³-hybridized carbons (Fsp3) is 0.280. The Morgan fingerprint density at radius 3 is 2.58 bits per heavy atom. The summed E-state index contributed by atoms with van der Waals surface area (Å²) in [5.74, 6) is -1.18. The molecule has 0 atom stereocenters. The van der Waals surface area contributed by atoms with E-state index in [-0.39, 0.29) is 42.1 Å². The second-order valence-electron chi connectivity index (χ2n) is 9.10. The van der Waals surface area contributed by atoms with Crippen molar-refractivity contribution < 1.29 is 14.0 Å². The smallest absolute Gasteiger partial charge is 0.280 e. The molecule has 0 radical (unpaired) electrons. The van der Waals surface area contributed by atoms with E-state index >= 15 is 0 Å². The number of aryl methyl sites for hydroxylation is 2. The highest BCUT2D eigenvalue weighted by atomic mass is 19.1. The van der Waals surface area contributed by atoms with Crippen LogP contribution >= 0.6 is 0 Å². The maximum Gasteiger partial charge on any atom is 0.280 e. The highest BCUT2D eigenvalue weighted by Crippen LogP contribution is 2.27. The zero-order valence-corrected chi connectivity index (χ0v) is 20.2. The van der Waals surface area contributed by atoms with E-state index in [0.717, 1.165) is 23.0 Å². The molecule has 4 aromatic rings. The van der Waals surface area contributed by atoms with Gasteiger partial charge < -0.3 is 14.8 Å². The van der Waals surface area contributed by atoms with E-state index in [1.54, 1.807) is 17.2 Å². The average molecular weight is 490 g/mol. The van der Waals surface area contributed by atoms with Crippen molar-refractivity contribution in [2.75, 3.05) is 5.32 Å². The van der Waals surface area contributed by atoms with Gasteiger partial charge in [0.25, 0.3) is 11.5 Å². The summed E-state index contributed by atoms with van der Waals surface area (Å²) in [6, 6.07) is 5.98. The van der Waals surface area contributed by atoms with Gasteiger partial charge in [-0.15, -0.1) is 0 Å². The number of amides is 2. The molecule has 184 valence electrons. The molecular formula is C25H24FN7O3. The van der Waals surface area contributed by atoms with E-state index in [1.165, 1.54) is 21.2 Å². The molecule has 0 fully saturated rings. The van der Waals surface area contributed by atoms with E-state index in [2.05, 4.69) is 20.4 Å². The Balaban J connectivity index is 1.65. The molecule has 1 aliphatic rings. The topological polar surface area (TPSA) is 114 Å². The Hall–Kier alpha value is -4.41. The summed E-state index contributed by atoms with van der Waals surface area (Å²) in [6.07, 6.45) is 2.68. The normalized spacial score (nSPS) is 13.1. The molecule has 11 heteroatoms.